The van der Waals surface area contributed by atoms with Gasteiger partial charge in [-0.05, 0) is 41.3 Å². The molecule has 0 fully saturated rings. The first-order valence-electron chi connectivity index (χ1n) is 11.9. The molecule has 6 N–H and O–H groups in total. The van der Waals surface area contributed by atoms with Crippen LogP contribution in [0.25, 0.3) is 11.1 Å². The number of hydrazone groups is 1. The van der Waals surface area contributed by atoms with E-state index in [1.54, 1.807) is 42.5 Å². The summed E-state index contributed by atoms with van der Waals surface area (Å²) in [6.45, 7) is 2.12. The minimum Gasteiger partial charge on any atom is -0.372 e. The van der Waals surface area contributed by atoms with E-state index >= 15 is 0 Å². The Labute approximate surface area is 220 Å². The van der Waals surface area contributed by atoms with Gasteiger partial charge in [0.25, 0.3) is 5.91 Å². The minimum absolute atomic E-state index is 0.0162. The average Bonchev–Trinajstić information content (AvgIpc) is 3.17. The molecule has 0 bridgehead atoms. The molecule has 0 unspecified atom stereocenters. The molecule has 0 heterocycles. The van der Waals surface area contributed by atoms with Crippen molar-refractivity contribution in [2.24, 2.45) is 16.8 Å². The zero-order valence-corrected chi connectivity index (χ0v) is 21.2. The number of carbonyl (C=O) groups excluding carboxylic acids is 2. The number of nitrogens with two attached hydrogens (primary N) is 2. The van der Waals surface area contributed by atoms with E-state index < -0.39 is 17.5 Å². The molecule has 9 nitrogen and oxygen atoms in total. The summed E-state index contributed by atoms with van der Waals surface area (Å²) in [5.41, 5.74) is 1.53. The summed E-state index contributed by atoms with van der Waals surface area (Å²) < 4.78 is 0. The molecule has 37 heavy (non-hydrogen) atoms. The van der Waals surface area contributed by atoms with Crippen molar-refractivity contribution < 1.29 is 14.7 Å². The predicted octanol–water partition coefficient (Wildman–Crippen LogP) is 3.68. The van der Waals surface area contributed by atoms with Crippen molar-refractivity contribution in [3.05, 3.63) is 88.4 Å². The molecule has 0 aliphatic heterocycles. The Balaban J connectivity index is 1.65. The van der Waals surface area contributed by atoms with Gasteiger partial charge in [0.15, 0.2) is 5.60 Å². The Morgan fingerprint density at radius 3 is 2.30 bits per heavy atom. The van der Waals surface area contributed by atoms with Crippen LogP contribution in [0, 0.1) is 0 Å². The number of hydrazine groups is 1. The van der Waals surface area contributed by atoms with Crippen molar-refractivity contribution in [3.63, 3.8) is 0 Å². The average molecular weight is 521 g/mol. The molecule has 0 saturated heterocycles. The highest BCUT2D eigenvalue weighted by Gasteiger charge is 2.50. The second kappa shape index (κ2) is 11.0. The zero-order chi connectivity index (χ0) is 26.6. The number of benzene rings is 3. The third-order valence-electron chi connectivity index (χ3n) is 6.40. The quantitative estimate of drug-likeness (QED) is 0.155. The molecule has 0 aromatic heterocycles. The van der Waals surface area contributed by atoms with Crippen LogP contribution in [-0.4, -0.2) is 34.8 Å². The summed E-state index contributed by atoms with van der Waals surface area (Å²) in [6.07, 6.45) is 2.54. The van der Waals surface area contributed by atoms with Gasteiger partial charge in [-0.2, -0.15) is 5.10 Å². The second-order valence-electron chi connectivity index (χ2n) is 8.72. The van der Waals surface area contributed by atoms with Crippen LogP contribution in [0.2, 0.25) is 5.02 Å². The number of halogens is 1. The molecule has 192 valence electrons. The SMILES string of the molecule is CCCCN(C(=O)NCc1cc(Cl)ccc1N(N)/C=N\N)C(=O)C1(O)c2ccccc2-c2ccccc21. The van der Waals surface area contributed by atoms with Crippen LogP contribution >= 0.6 is 11.6 Å². The molecular weight excluding hydrogens is 492 g/mol. The summed E-state index contributed by atoms with van der Waals surface area (Å²) in [4.78, 5) is 28.5. The van der Waals surface area contributed by atoms with Crippen molar-refractivity contribution in [2.75, 3.05) is 11.6 Å². The molecule has 0 radical (unpaired) electrons. The van der Waals surface area contributed by atoms with E-state index in [2.05, 4.69) is 10.4 Å². The third kappa shape index (κ3) is 4.89. The van der Waals surface area contributed by atoms with E-state index in [4.69, 9.17) is 23.3 Å². The molecule has 1 aliphatic rings. The number of unbranched alkanes of at least 4 members (excludes halogenated alkanes) is 1. The maximum atomic E-state index is 14.0. The Hall–Kier alpha value is -3.92. The highest BCUT2D eigenvalue weighted by molar-refractivity contribution is 6.30. The van der Waals surface area contributed by atoms with Crippen molar-refractivity contribution in [3.8, 4) is 11.1 Å². The first kappa shape index (κ1) is 26.2. The molecule has 1 aliphatic carbocycles. The third-order valence-corrected chi connectivity index (χ3v) is 6.63. The van der Waals surface area contributed by atoms with Crippen molar-refractivity contribution >= 4 is 35.6 Å². The topological polar surface area (TPSA) is 137 Å². The first-order chi connectivity index (χ1) is 17.8. The largest absolute Gasteiger partial charge is 0.372 e. The lowest BCUT2D eigenvalue weighted by Gasteiger charge is -2.31. The predicted molar refractivity (Wildman–Crippen MR) is 145 cm³/mol. The molecule has 4 rings (SSSR count). The van der Waals surface area contributed by atoms with Crippen LogP contribution in [0.3, 0.4) is 0 Å². The lowest BCUT2D eigenvalue weighted by Crippen LogP contribution is -2.52. The fraction of sp³-hybridized carbons (Fsp3) is 0.222. The molecule has 0 spiro atoms. The Morgan fingerprint density at radius 1 is 1.08 bits per heavy atom. The van der Waals surface area contributed by atoms with Crippen molar-refractivity contribution in [1.29, 1.82) is 0 Å². The van der Waals surface area contributed by atoms with Gasteiger partial charge in [0.2, 0.25) is 0 Å². The highest BCUT2D eigenvalue weighted by Crippen LogP contribution is 2.48. The van der Waals surface area contributed by atoms with E-state index in [0.717, 1.165) is 22.4 Å². The first-order valence-corrected chi connectivity index (χ1v) is 12.3. The fourth-order valence-electron chi connectivity index (χ4n) is 4.60. The number of amides is 3. The van der Waals surface area contributed by atoms with Gasteiger partial charge in [-0.25, -0.2) is 10.6 Å². The van der Waals surface area contributed by atoms with E-state index in [1.807, 2.05) is 31.2 Å². The van der Waals surface area contributed by atoms with Crippen molar-refractivity contribution in [2.45, 2.75) is 31.9 Å². The van der Waals surface area contributed by atoms with Gasteiger partial charge in [0.05, 0.1) is 5.69 Å². The van der Waals surface area contributed by atoms with Crippen LogP contribution < -0.4 is 22.0 Å². The molecule has 3 aromatic rings. The maximum absolute atomic E-state index is 14.0. The van der Waals surface area contributed by atoms with Gasteiger partial charge < -0.3 is 16.3 Å². The van der Waals surface area contributed by atoms with Crippen LogP contribution in [0.1, 0.15) is 36.5 Å². The number of nitrogens with one attached hydrogen (secondary N) is 1. The van der Waals surface area contributed by atoms with Gasteiger partial charge in [-0.1, -0.05) is 73.5 Å². The Morgan fingerprint density at radius 2 is 1.70 bits per heavy atom. The number of hydrogen-bond acceptors (Lipinski definition) is 6. The Bertz CT molecular complexity index is 1300. The van der Waals surface area contributed by atoms with Crippen LogP contribution in [-0.2, 0) is 16.9 Å². The summed E-state index contributed by atoms with van der Waals surface area (Å²) in [5, 5.41) is 19.8. The number of fused-ring (bicyclic) bond motifs is 3. The number of imide groups is 1. The fourth-order valence-corrected chi connectivity index (χ4v) is 4.79. The maximum Gasteiger partial charge on any atom is 0.324 e. The zero-order valence-electron chi connectivity index (χ0n) is 20.4. The molecule has 0 saturated carbocycles. The monoisotopic (exact) mass is 520 g/mol. The summed E-state index contributed by atoms with van der Waals surface area (Å²) in [6, 6.07) is 18.7. The molecule has 10 heteroatoms. The van der Waals surface area contributed by atoms with Crippen LogP contribution in [0.15, 0.2) is 71.8 Å². The minimum atomic E-state index is -1.99. The van der Waals surface area contributed by atoms with Gasteiger partial charge in [-0.15, -0.1) is 0 Å². The number of carbonyl (C=O) groups is 2. The van der Waals surface area contributed by atoms with Crippen LogP contribution in [0.5, 0.6) is 0 Å². The van der Waals surface area contributed by atoms with E-state index in [-0.39, 0.29) is 13.1 Å². The van der Waals surface area contributed by atoms with Crippen molar-refractivity contribution in [1.82, 2.24) is 10.2 Å². The molecule has 3 aromatic carbocycles. The number of hydrogen-bond donors (Lipinski definition) is 4. The van der Waals surface area contributed by atoms with E-state index in [9.17, 15) is 14.7 Å². The van der Waals surface area contributed by atoms with Gasteiger partial charge >= 0.3 is 6.03 Å². The lowest BCUT2D eigenvalue weighted by molar-refractivity contribution is -0.144. The van der Waals surface area contributed by atoms with Gasteiger partial charge in [0.1, 0.15) is 6.34 Å². The summed E-state index contributed by atoms with van der Waals surface area (Å²) in [7, 11) is 0. The molecular formula is C27H29ClN6O3. The van der Waals surface area contributed by atoms with Gasteiger partial charge in [-0.3, -0.25) is 14.7 Å². The number of anilines is 1. The summed E-state index contributed by atoms with van der Waals surface area (Å²) in [5.74, 6) is 10.5. The number of aliphatic hydroxyl groups is 1. The number of nitrogens with zero attached hydrogens (tertiary/aromatic N) is 3. The molecule has 3 amide bonds. The molecule has 0 atom stereocenters. The second-order valence-corrected chi connectivity index (χ2v) is 9.15. The highest BCUT2D eigenvalue weighted by atomic mass is 35.5. The number of rotatable bonds is 8. The van der Waals surface area contributed by atoms with Gasteiger partial charge in [0, 0.05) is 29.2 Å². The number of urea groups is 1. The summed E-state index contributed by atoms with van der Waals surface area (Å²) >= 11 is 6.17. The standard InChI is InChI=1S/C27H29ClN6O3/c1-2-3-14-33(26(36)31-16-18-15-19(28)12-13-24(18)34(30)17-32-29)25(35)27(37)22-10-6-4-8-20(22)21-9-5-7-11-23(21)27/h4-13,15,17,37H,2-3,14,16,29-30H2,1H3,(H,31,36)/b32-17-. The van der Waals surface area contributed by atoms with E-state index in [1.165, 1.54) is 11.3 Å². The Kier molecular flexibility index (Phi) is 7.77. The van der Waals surface area contributed by atoms with E-state index in [0.29, 0.717) is 33.8 Å². The van der Waals surface area contributed by atoms with Crippen LogP contribution in [0.4, 0.5) is 10.5 Å². The normalized spacial score (nSPS) is 13.2. The smallest absolute Gasteiger partial charge is 0.324 e. The lowest BCUT2D eigenvalue weighted by atomic mass is 9.89.